The third kappa shape index (κ3) is 0.855. The highest BCUT2D eigenvalue weighted by atomic mass is 16.3. The second-order valence-electron chi connectivity index (χ2n) is 2.99. The van der Waals surface area contributed by atoms with Crippen LogP contribution in [-0.4, -0.2) is 4.98 Å². The highest BCUT2D eigenvalue weighted by molar-refractivity contribution is 5.94. The molecular formula is C11H7NO. The Labute approximate surface area is 75.2 Å². The van der Waals surface area contributed by atoms with Crippen LogP contribution in [0.1, 0.15) is 0 Å². The molecule has 0 unspecified atom stereocenters. The molecule has 2 nitrogen and oxygen atoms in total. The van der Waals surface area contributed by atoms with E-state index in [0.29, 0.717) is 5.89 Å². The maximum atomic E-state index is 5.35. The summed E-state index contributed by atoms with van der Waals surface area (Å²) in [6, 6.07) is 10.1. The number of benzene rings is 1. The van der Waals surface area contributed by atoms with Crippen LogP contribution in [0.15, 0.2) is 47.2 Å². The first-order chi connectivity index (χ1) is 6.45. The standard InChI is InChI=1S/C11H7NO/c1-2-4-9-8(3-1)7-13-11-10(9)5-6-12-11/h1-7H. The Kier molecular flexibility index (Phi) is 1.19. The van der Waals surface area contributed by atoms with Crippen LogP contribution < -0.4 is 0 Å². The van der Waals surface area contributed by atoms with E-state index in [1.54, 1.807) is 12.5 Å². The first kappa shape index (κ1) is 6.66. The highest BCUT2D eigenvalue weighted by Crippen LogP contribution is 2.29. The molecule has 0 aliphatic carbocycles. The van der Waals surface area contributed by atoms with Crippen LogP contribution in [0.25, 0.3) is 22.2 Å². The molecule has 3 rings (SSSR count). The Morgan fingerprint density at radius 3 is 3.00 bits per heavy atom. The van der Waals surface area contributed by atoms with Crippen molar-refractivity contribution in [1.29, 1.82) is 0 Å². The van der Waals surface area contributed by atoms with Crippen LogP contribution >= 0.6 is 0 Å². The van der Waals surface area contributed by atoms with Gasteiger partial charge in [0.15, 0.2) is 0 Å². The molecule has 13 heavy (non-hydrogen) atoms. The summed E-state index contributed by atoms with van der Waals surface area (Å²) in [7, 11) is 0. The lowest BCUT2D eigenvalue weighted by Crippen LogP contribution is -1.78. The minimum Gasteiger partial charge on any atom is -0.445 e. The molecule has 0 bridgehead atoms. The fourth-order valence-corrected chi connectivity index (χ4v) is 1.58. The number of rotatable bonds is 0. The van der Waals surface area contributed by atoms with E-state index in [0.717, 1.165) is 10.9 Å². The van der Waals surface area contributed by atoms with Crippen molar-refractivity contribution in [2.45, 2.75) is 0 Å². The van der Waals surface area contributed by atoms with Crippen molar-refractivity contribution in [2.75, 3.05) is 0 Å². The second kappa shape index (κ2) is 2.33. The van der Waals surface area contributed by atoms with Crippen molar-refractivity contribution in [3.63, 3.8) is 0 Å². The van der Waals surface area contributed by atoms with Gasteiger partial charge in [0, 0.05) is 17.1 Å². The molecule has 0 spiro atoms. The number of hydrogen-bond acceptors (Lipinski definition) is 2. The zero-order chi connectivity index (χ0) is 8.67. The SMILES string of the molecule is c1ccc2c3ccnc-3occ2c1. The zero-order valence-electron chi connectivity index (χ0n) is 6.90. The van der Waals surface area contributed by atoms with Gasteiger partial charge in [0.2, 0.25) is 5.89 Å². The van der Waals surface area contributed by atoms with Gasteiger partial charge in [-0.15, -0.1) is 0 Å². The Hall–Kier alpha value is -1.83. The lowest BCUT2D eigenvalue weighted by Gasteiger charge is -2.01. The summed E-state index contributed by atoms with van der Waals surface area (Å²) in [5, 5.41) is 2.31. The Balaban J connectivity index is 2.57. The largest absolute Gasteiger partial charge is 0.445 e. The van der Waals surface area contributed by atoms with E-state index in [-0.39, 0.29) is 0 Å². The van der Waals surface area contributed by atoms with Gasteiger partial charge in [0.05, 0.1) is 0 Å². The molecule has 2 heteroatoms. The maximum absolute atomic E-state index is 5.35. The molecule has 62 valence electrons. The van der Waals surface area contributed by atoms with Gasteiger partial charge in [-0.3, -0.25) is 0 Å². The molecule has 2 heterocycles. The average Bonchev–Trinajstić information content (AvgIpc) is 2.65. The van der Waals surface area contributed by atoms with Crippen LogP contribution in [0.5, 0.6) is 0 Å². The summed E-state index contributed by atoms with van der Waals surface area (Å²) in [4.78, 5) is 4.10. The van der Waals surface area contributed by atoms with E-state index in [4.69, 9.17) is 4.42 Å². The molecule has 1 aromatic rings. The van der Waals surface area contributed by atoms with Crippen LogP contribution in [0.2, 0.25) is 0 Å². The van der Waals surface area contributed by atoms with Crippen molar-refractivity contribution in [3.05, 3.63) is 42.8 Å². The molecule has 0 saturated carbocycles. The van der Waals surface area contributed by atoms with Gasteiger partial charge in [-0.1, -0.05) is 24.3 Å². The molecule has 0 aromatic heterocycles. The first-order valence-electron chi connectivity index (χ1n) is 4.16. The first-order valence-corrected chi connectivity index (χ1v) is 4.16. The maximum Gasteiger partial charge on any atom is 0.226 e. The van der Waals surface area contributed by atoms with Crippen molar-refractivity contribution in [3.8, 4) is 11.5 Å². The van der Waals surface area contributed by atoms with E-state index < -0.39 is 0 Å². The third-order valence-electron chi connectivity index (χ3n) is 2.21. The number of fused-ring (bicyclic) bond motifs is 3. The lowest BCUT2D eigenvalue weighted by molar-refractivity contribution is 0.558. The van der Waals surface area contributed by atoms with E-state index in [9.17, 15) is 0 Å². The van der Waals surface area contributed by atoms with Gasteiger partial charge >= 0.3 is 0 Å². The molecule has 0 amide bonds. The normalized spacial score (nSPS) is 11.1. The molecule has 1 aromatic carbocycles. The predicted octanol–water partition coefficient (Wildman–Crippen LogP) is 2.93. The van der Waals surface area contributed by atoms with Crippen molar-refractivity contribution in [2.24, 2.45) is 0 Å². The molecule has 0 radical (unpaired) electrons. The molecule has 2 aliphatic rings. The van der Waals surface area contributed by atoms with Crippen molar-refractivity contribution < 1.29 is 4.42 Å². The van der Waals surface area contributed by atoms with Gasteiger partial charge in [0.25, 0.3) is 0 Å². The minimum absolute atomic E-state index is 0.707. The van der Waals surface area contributed by atoms with Gasteiger partial charge < -0.3 is 4.42 Å². The van der Waals surface area contributed by atoms with E-state index in [1.807, 2.05) is 24.3 Å². The smallest absolute Gasteiger partial charge is 0.226 e. The highest BCUT2D eigenvalue weighted by Gasteiger charge is 2.09. The Morgan fingerprint density at radius 2 is 2.00 bits per heavy atom. The fourth-order valence-electron chi connectivity index (χ4n) is 1.58. The zero-order valence-corrected chi connectivity index (χ0v) is 6.90. The lowest BCUT2D eigenvalue weighted by atomic mass is 10.1. The second-order valence-corrected chi connectivity index (χ2v) is 2.99. The number of aromatic nitrogens is 1. The van der Waals surface area contributed by atoms with Crippen molar-refractivity contribution in [1.82, 2.24) is 4.98 Å². The summed E-state index contributed by atoms with van der Waals surface area (Å²) in [6.07, 6.45) is 3.51. The summed E-state index contributed by atoms with van der Waals surface area (Å²) in [5.41, 5.74) is 1.08. The molecule has 0 atom stereocenters. The van der Waals surface area contributed by atoms with Crippen LogP contribution in [0.3, 0.4) is 0 Å². The number of hydrogen-bond donors (Lipinski definition) is 0. The monoisotopic (exact) mass is 169 g/mol. The third-order valence-corrected chi connectivity index (χ3v) is 2.21. The Morgan fingerprint density at radius 1 is 1.08 bits per heavy atom. The molecule has 0 fully saturated rings. The van der Waals surface area contributed by atoms with Crippen LogP contribution in [0, 0.1) is 0 Å². The predicted molar refractivity (Wildman–Crippen MR) is 50.6 cm³/mol. The molecule has 0 saturated heterocycles. The quantitative estimate of drug-likeness (QED) is 0.517. The van der Waals surface area contributed by atoms with Crippen LogP contribution in [0.4, 0.5) is 0 Å². The van der Waals surface area contributed by atoms with E-state index in [1.165, 1.54) is 5.39 Å². The summed E-state index contributed by atoms with van der Waals surface area (Å²) >= 11 is 0. The van der Waals surface area contributed by atoms with Crippen LogP contribution in [-0.2, 0) is 0 Å². The average molecular weight is 169 g/mol. The fraction of sp³-hybridized carbons (Fsp3) is 0. The Bertz CT molecular complexity index is 527. The van der Waals surface area contributed by atoms with Crippen molar-refractivity contribution >= 4 is 10.8 Å². The van der Waals surface area contributed by atoms with Gasteiger partial charge in [-0.05, 0) is 11.5 Å². The summed E-state index contributed by atoms with van der Waals surface area (Å²) in [5.74, 6) is 0.707. The van der Waals surface area contributed by atoms with Gasteiger partial charge in [-0.25, -0.2) is 4.98 Å². The number of nitrogens with zero attached hydrogens (tertiary/aromatic N) is 1. The molecular weight excluding hydrogens is 162 g/mol. The topological polar surface area (TPSA) is 26.0 Å². The summed E-state index contributed by atoms with van der Waals surface area (Å²) < 4.78 is 5.35. The molecule has 2 aliphatic heterocycles. The minimum atomic E-state index is 0.707. The summed E-state index contributed by atoms with van der Waals surface area (Å²) in [6.45, 7) is 0. The van der Waals surface area contributed by atoms with E-state index in [2.05, 4.69) is 11.1 Å². The molecule has 0 N–H and O–H groups in total. The van der Waals surface area contributed by atoms with Gasteiger partial charge in [0.1, 0.15) is 6.26 Å². The van der Waals surface area contributed by atoms with Gasteiger partial charge in [-0.2, -0.15) is 0 Å². The van der Waals surface area contributed by atoms with E-state index >= 15 is 0 Å².